The summed E-state index contributed by atoms with van der Waals surface area (Å²) in [7, 11) is 0. The number of nitrogens with one attached hydrogen (secondary N) is 1. The molecule has 0 aliphatic carbocycles. The first-order valence-electron chi connectivity index (χ1n) is 8.74. The maximum absolute atomic E-state index is 12.1. The lowest BCUT2D eigenvalue weighted by atomic mass is 9.98. The third-order valence-electron chi connectivity index (χ3n) is 4.09. The summed E-state index contributed by atoms with van der Waals surface area (Å²) < 4.78 is 0. The molecule has 0 radical (unpaired) electrons. The zero-order valence-corrected chi connectivity index (χ0v) is 19.1. The first-order valence-corrected chi connectivity index (χ1v) is 9.62. The summed E-state index contributed by atoms with van der Waals surface area (Å²) in [5, 5.41) is 5.93. The third kappa shape index (κ3) is 7.78. The molecule has 2 rings (SSSR count). The number of rotatable bonds is 6. The highest BCUT2D eigenvalue weighted by atomic mass is 35.5. The summed E-state index contributed by atoms with van der Waals surface area (Å²) in [5.41, 5.74) is 9.36. The molecule has 1 amide bonds. The van der Waals surface area contributed by atoms with E-state index in [1.54, 1.807) is 11.3 Å². The van der Waals surface area contributed by atoms with Crippen LogP contribution in [0.2, 0.25) is 0 Å². The lowest BCUT2D eigenvalue weighted by Crippen LogP contribution is -2.33. The lowest BCUT2D eigenvalue weighted by molar-refractivity contribution is -0.120. The van der Waals surface area contributed by atoms with Gasteiger partial charge in [0.2, 0.25) is 5.91 Å². The number of aromatic nitrogens is 1. The van der Waals surface area contributed by atoms with Crippen molar-refractivity contribution in [1.29, 1.82) is 0 Å². The Balaban J connectivity index is 0.00000338. The van der Waals surface area contributed by atoms with Crippen LogP contribution in [-0.4, -0.2) is 17.4 Å². The SMILES string of the molecule is CC(C)c1ccc(C(N)CNC(=O)Cc2csc(C(C)(C)C)n2)cc1.Cl.Cl. The fourth-order valence-corrected chi connectivity index (χ4v) is 3.34. The smallest absolute Gasteiger partial charge is 0.226 e. The van der Waals surface area contributed by atoms with Crippen molar-refractivity contribution in [3.05, 3.63) is 51.5 Å². The molecule has 152 valence electrons. The van der Waals surface area contributed by atoms with Crippen LogP contribution in [0.4, 0.5) is 0 Å². The molecule has 0 aliphatic heterocycles. The Morgan fingerprint density at radius 3 is 2.19 bits per heavy atom. The molecule has 0 fully saturated rings. The second-order valence-corrected chi connectivity index (χ2v) is 8.66. The van der Waals surface area contributed by atoms with Crippen molar-refractivity contribution in [2.45, 2.75) is 58.4 Å². The van der Waals surface area contributed by atoms with E-state index in [0.29, 0.717) is 18.9 Å². The number of carbonyl (C=O) groups excluding carboxylic acids is 1. The molecule has 1 atom stereocenters. The highest BCUT2D eigenvalue weighted by molar-refractivity contribution is 7.09. The third-order valence-corrected chi connectivity index (χ3v) is 5.40. The van der Waals surface area contributed by atoms with Crippen molar-refractivity contribution in [2.75, 3.05) is 6.54 Å². The van der Waals surface area contributed by atoms with Gasteiger partial charge in [-0.15, -0.1) is 36.2 Å². The van der Waals surface area contributed by atoms with E-state index in [1.165, 1.54) is 5.56 Å². The number of amides is 1. The number of carbonyl (C=O) groups is 1. The molecular weight excluding hydrogens is 401 g/mol. The molecule has 1 heterocycles. The predicted octanol–water partition coefficient (Wildman–Crippen LogP) is 4.77. The zero-order chi connectivity index (χ0) is 18.6. The summed E-state index contributed by atoms with van der Waals surface area (Å²) in [4.78, 5) is 16.7. The molecule has 4 nitrogen and oxygen atoms in total. The molecule has 1 unspecified atom stereocenters. The average molecular weight is 432 g/mol. The van der Waals surface area contributed by atoms with E-state index in [2.05, 4.69) is 57.1 Å². The number of nitrogens with two attached hydrogens (primary N) is 1. The Morgan fingerprint density at radius 1 is 1.15 bits per heavy atom. The highest BCUT2D eigenvalue weighted by Gasteiger charge is 2.19. The molecule has 0 spiro atoms. The van der Waals surface area contributed by atoms with Crippen LogP contribution in [0.3, 0.4) is 0 Å². The van der Waals surface area contributed by atoms with Crippen molar-refractivity contribution in [2.24, 2.45) is 5.73 Å². The van der Waals surface area contributed by atoms with Gasteiger partial charge in [0.25, 0.3) is 0 Å². The first kappa shape index (κ1) is 25.9. The van der Waals surface area contributed by atoms with Crippen LogP contribution < -0.4 is 11.1 Å². The maximum atomic E-state index is 12.1. The van der Waals surface area contributed by atoms with Crippen LogP contribution in [0.1, 0.15) is 68.4 Å². The van der Waals surface area contributed by atoms with Gasteiger partial charge in [-0.3, -0.25) is 4.79 Å². The fourth-order valence-electron chi connectivity index (χ4n) is 2.43. The van der Waals surface area contributed by atoms with Crippen LogP contribution >= 0.6 is 36.2 Å². The Bertz CT molecular complexity index is 709. The molecule has 0 bridgehead atoms. The number of thiazole rings is 1. The van der Waals surface area contributed by atoms with E-state index < -0.39 is 0 Å². The Kier molecular flexibility index (Phi) is 10.5. The van der Waals surface area contributed by atoms with Crippen molar-refractivity contribution >= 4 is 42.1 Å². The summed E-state index contributed by atoms with van der Waals surface area (Å²) >= 11 is 1.61. The highest BCUT2D eigenvalue weighted by Crippen LogP contribution is 2.25. The molecule has 0 saturated carbocycles. The number of benzene rings is 1. The van der Waals surface area contributed by atoms with Gasteiger partial charge in [-0.25, -0.2) is 4.98 Å². The first-order chi connectivity index (χ1) is 11.7. The van der Waals surface area contributed by atoms with Crippen LogP contribution in [0.25, 0.3) is 0 Å². The number of hydrogen-bond acceptors (Lipinski definition) is 4. The molecule has 1 aromatic heterocycles. The van der Waals surface area contributed by atoms with E-state index in [9.17, 15) is 4.79 Å². The van der Waals surface area contributed by atoms with Gasteiger partial charge < -0.3 is 11.1 Å². The zero-order valence-electron chi connectivity index (χ0n) is 16.6. The summed E-state index contributed by atoms with van der Waals surface area (Å²) in [6.45, 7) is 11.1. The topological polar surface area (TPSA) is 68.0 Å². The van der Waals surface area contributed by atoms with Gasteiger partial charge in [0.05, 0.1) is 17.1 Å². The van der Waals surface area contributed by atoms with Gasteiger partial charge in [0, 0.05) is 23.4 Å². The van der Waals surface area contributed by atoms with Gasteiger partial charge in [-0.2, -0.15) is 0 Å². The summed E-state index contributed by atoms with van der Waals surface area (Å²) in [5.74, 6) is 0.459. The number of hydrogen-bond donors (Lipinski definition) is 2. The van der Waals surface area contributed by atoms with Crippen molar-refractivity contribution in [1.82, 2.24) is 10.3 Å². The van der Waals surface area contributed by atoms with Crippen molar-refractivity contribution < 1.29 is 4.79 Å². The molecule has 0 saturated heterocycles. The van der Waals surface area contributed by atoms with Crippen molar-refractivity contribution in [3.8, 4) is 0 Å². The van der Waals surface area contributed by atoms with Crippen LogP contribution in [0.5, 0.6) is 0 Å². The summed E-state index contributed by atoms with van der Waals surface area (Å²) in [6, 6.07) is 8.09. The Morgan fingerprint density at radius 2 is 1.70 bits per heavy atom. The second kappa shape index (κ2) is 11.0. The van der Waals surface area contributed by atoms with Gasteiger partial charge in [0.1, 0.15) is 0 Å². The van der Waals surface area contributed by atoms with Gasteiger partial charge in [0.15, 0.2) is 0 Å². The maximum Gasteiger partial charge on any atom is 0.226 e. The largest absolute Gasteiger partial charge is 0.354 e. The van der Waals surface area contributed by atoms with E-state index in [0.717, 1.165) is 16.3 Å². The number of nitrogens with zero attached hydrogens (tertiary/aromatic N) is 1. The van der Waals surface area contributed by atoms with Crippen LogP contribution in [0.15, 0.2) is 29.6 Å². The molecule has 27 heavy (non-hydrogen) atoms. The minimum atomic E-state index is -0.203. The van der Waals surface area contributed by atoms with E-state index in [4.69, 9.17) is 5.73 Å². The van der Waals surface area contributed by atoms with Gasteiger partial charge in [-0.05, 0) is 17.0 Å². The molecule has 0 aliphatic rings. The number of halogens is 2. The normalized spacial score (nSPS) is 12.1. The van der Waals surface area contributed by atoms with E-state index >= 15 is 0 Å². The minimum Gasteiger partial charge on any atom is -0.354 e. The minimum absolute atomic E-state index is 0. The van der Waals surface area contributed by atoms with Gasteiger partial charge >= 0.3 is 0 Å². The Labute approximate surface area is 179 Å². The standard InChI is InChI=1S/C20H29N3OS.2ClH/c1-13(2)14-6-8-15(9-7-14)17(21)11-22-18(24)10-16-12-25-19(23-16)20(3,4)5;;/h6-9,12-13,17H,10-11,21H2,1-5H3,(H,22,24);2*1H. The van der Waals surface area contributed by atoms with E-state index in [-0.39, 0.29) is 42.2 Å². The average Bonchev–Trinajstić information content (AvgIpc) is 3.01. The molecule has 3 N–H and O–H groups in total. The van der Waals surface area contributed by atoms with Gasteiger partial charge in [-0.1, -0.05) is 58.9 Å². The van der Waals surface area contributed by atoms with E-state index in [1.807, 2.05) is 17.5 Å². The molecular formula is C20H31Cl2N3OS. The quantitative estimate of drug-likeness (QED) is 0.691. The Hall–Kier alpha value is -1.14. The molecule has 1 aromatic carbocycles. The predicted molar refractivity (Wildman–Crippen MR) is 119 cm³/mol. The van der Waals surface area contributed by atoms with Crippen LogP contribution in [0, 0.1) is 0 Å². The molecule has 2 aromatic rings. The van der Waals surface area contributed by atoms with Crippen molar-refractivity contribution in [3.63, 3.8) is 0 Å². The monoisotopic (exact) mass is 431 g/mol. The molecule has 7 heteroatoms. The fraction of sp³-hybridized carbons (Fsp3) is 0.500. The lowest BCUT2D eigenvalue weighted by Gasteiger charge is -2.15. The second-order valence-electron chi connectivity index (χ2n) is 7.80. The summed E-state index contributed by atoms with van der Waals surface area (Å²) in [6.07, 6.45) is 0.297. The van der Waals surface area contributed by atoms with Crippen LogP contribution in [-0.2, 0) is 16.6 Å².